The first-order valence-corrected chi connectivity index (χ1v) is 13.7. The van der Waals surface area contributed by atoms with Crippen LogP contribution in [0.3, 0.4) is 0 Å². The zero-order valence-electron chi connectivity index (χ0n) is 20.7. The largest absolute Gasteiger partial charge is 0.486 e. The van der Waals surface area contributed by atoms with E-state index >= 15 is 0 Å². The monoisotopic (exact) mass is 543 g/mol. The molecule has 2 heterocycles. The van der Waals surface area contributed by atoms with Crippen molar-refractivity contribution in [2.75, 3.05) is 24.1 Å². The van der Waals surface area contributed by atoms with E-state index in [0.29, 0.717) is 13.2 Å². The molecular formula is C28H27F2NO6S. The number of halogens is 2. The number of carbonyl (C=O) groups is 1. The lowest BCUT2D eigenvalue weighted by atomic mass is 9.75. The van der Waals surface area contributed by atoms with Crippen LogP contribution in [-0.2, 0) is 19.6 Å². The fraction of sp³-hybridized carbons (Fsp3) is 0.321. The molecule has 3 aromatic carbocycles. The van der Waals surface area contributed by atoms with Crippen molar-refractivity contribution in [2.24, 2.45) is 5.41 Å². The lowest BCUT2D eigenvalue weighted by Gasteiger charge is -2.40. The van der Waals surface area contributed by atoms with E-state index in [1.807, 2.05) is 0 Å². The molecule has 5 rings (SSSR count). The molecule has 0 spiro atoms. The number of rotatable bonds is 6. The van der Waals surface area contributed by atoms with Gasteiger partial charge in [-0.25, -0.2) is 17.2 Å². The number of fused-ring (bicyclic) bond motifs is 1. The van der Waals surface area contributed by atoms with Gasteiger partial charge in [0.15, 0.2) is 11.6 Å². The van der Waals surface area contributed by atoms with Crippen LogP contribution in [0.15, 0.2) is 65.6 Å². The van der Waals surface area contributed by atoms with Gasteiger partial charge in [-0.05, 0) is 61.2 Å². The Kier molecular flexibility index (Phi) is 6.87. The fourth-order valence-electron chi connectivity index (χ4n) is 5.15. The molecule has 0 saturated carbocycles. The summed E-state index contributed by atoms with van der Waals surface area (Å²) in [5, 5.41) is 10.1. The van der Waals surface area contributed by atoms with Gasteiger partial charge in [0.2, 0.25) is 0 Å². The van der Waals surface area contributed by atoms with Gasteiger partial charge in [0.1, 0.15) is 11.9 Å². The summed E-state index contributed by atoms with van der Waals surface area (Å²) in [6.45, 7) is 2.23. The first-order valence-electron chi connectivity index (χ1n) is 12.3. The third-order valence-electron chi connectivity index (χ3n) is 7.25. The smallest absolute Gasteiger partial charge is 0.309 e. The van der Waals surface area contributed by atoms with E-state index in [-0.39, 0.29) is 53.3 Å². The molecule has 2 aliphatic rings. The van der Waals surface area contributed by atoms with E-state index < -0.39 is 39.1 Å². The summed E-state index contributed by atoms with van der Waals surface area (Å²) in [5.74, 6) is -2.82. The molecule has 0 bridgehead atoms. The third-order valence-corrected chi connectivity index (χ3v) is 9.03. The molecule has 3 aromatic rings. The lowest BCUT2D eigenvalue weighted by Crippen LogP contribution is -2.48. The van der Waals surface area contributed by atoms with Crippen LogP contribution in [0.4, 0.5) is 14.5 Å². The molecular weight excluding hydrogens is 516 g/mol. The minimum absolute atomic E-state index is 0.0186. The first kappa shape index (κ1) is 26.1. The van der Waals surface area contributed by atoms with Gasteiger partial charge in [-0.15, -0.1) is 0 Å². The van der Waals surface area contributed by atoms with Crippen LogP contribution in [0.2, 0.25) is 0 Å². The normalized spacial score (nSPS) is 18.9. The van der Waals surface area contributed by atoms with E-state index in [9.17, 15) is 27.1 Å². The number of hydrogen-bond acceptors (Lipinski definition) is 5. The molecule has 38 heavy (non-hydrogen) atoms. The van der Waals surface area contributed by atoms with Gasteiger partial charge in [0.25, 0.3) is 10.0 Å². The lowest BCUT2D eigenvalue weighted by molar-refractivity contribution is -0.157. The van der Waals surface area contributed by atoms with Crippen LogP contribution in [0.25, 0.3) is 11.1 Å². The van der Waals surface area contributed by atoms with Crippen LogP contribution in [0, 0.1) is 24.0 Å². The van der Waals surface area contributed by atoms with Gasteiger partial charge in [-0.2, -0.15) is 0 Å². The number of ether oxygens (including phenoxy) is 2. The number of anilines is 1. The second kappa shape index (κ2) is 9.99. The summed E-state index contributed by atoms with van der Waals surface area (Å²) < 4.78 is 69.1. The van der Waals surface area contributed by atoms with Crippen molar-refractivity contribution >= 4 is 21.7 Å². The van der Waals surface area contributed by atoms with Crippen LogP contribution in [-0.4, -0.2) is 45.4 Å². The Balaban J connectivity index is 1.60. The van der Waals surface area contributed by atoms with Crippen molar-refractivity contribution in [1.29, 1.82) is 0 Å². The van der Waals surface area contributed by atoms with Gasteiger partial charge in [-0.1, -0.05) is 30.3 Å². The molecule has 0 aromatic heterocycles. The minimum atomic E-state index is -4.12. The summed E-state index contributed by atoms with van der Waals surface area (Å²) in [5.41, 5.74) is 0.0663. The summed E-state index contributed by atoms with van der Waals surface area (Å²) in [6.07, 6.45) is -0.0896. The van der Waals surface area contributed by atoms with Crippen molar-refractivity contribution < 1.29 is 36.6 Å². The molecule has 1 N–H and O–H groups in total. The SMILES string of the molecule is Cc1cccc(S(=O)(=O)N2C[C@H](CC3(C(=O)O)CCOCC3)Oc3ccc(-c4cccc(F)c4F)cc32)c1. The highest BCUT2D eigenvalue weighted by molar-refractivity contribution is 7.92. The van der Waals surface area contributed by atoms with E-state index in [0.717, 1.165) is 11.6 Å². The number of sulfonamides is 1. The topological polar surface area (TPSA) is 93.1 Å². The zero-order chi connectivity index (χ0) is 27.1. The summed E-state index contributed by atoms with van der Waals surface area (Å²) >= 11 is 0. The Morgan fingerprint density at radius 1 is 1.08 bits per heavy atom. The Bertz CT molecular complexity index is 1490. The molecule has 2 aliphatic heterocycles. The predicted octanol–water partition coefficient (Wildman–Crippen LogP) is 5.17. The van der Waals surface area contributed by atoms with Crippen LogP contribution in [0.1, 0.15) is 24.8 Å². The highest BCUT2D eigenvalue weighted by Gasteiger charge is 2.45. The Hall–Kier alpha value is -3.50. The minimum Gasteiger partial charge on any atom is -0.486 e. The molecule has 10 heteroatoms. The maximum atomic E-state index is 14.6. The molecule has 0 radical (unpaired) electrons. The van der Waals surface area contributed by atoms with E-state index in [2.05, 4.69) is 0 Å². The van der Waals surface area contributed by atoms with Gasteiger partial charge in [0.05, 0.1) is 22.5 Å². The van der Waals surface area contributed by atoms with Gasteiger partial charge >= 0.3 is 5.97 Å². The number of benzene rings is 3. The number of nitrogens with zero attached hydrogens (tertiary/aromatic N) is 1. The molecule has 1 fully saturated rings. The molecule has 1 saturated heterocycles. The highest BCUT2D eigenvalue weighted by Crippen LogP contribution is 2.44. The number of aliphatic carboxylic acids is 1. The maximum absolute atomic E-state index is 14.6. The zero-order valence-corrected chi connectivity index (χ0v) is 21.5. The molecule has 0 amide bonds. The Labute approximate surface area is 219 Å². The predicted molar refractivity (Wildman–Crippen MR) is 137 cm³/mol. The summed E-state index contributed by atoms with van der Waals surface area (Å²) in [7, 11) is -4.12. The molecule has 0 aliphatic carbocycles. The standard InChI is InChI=1S/C28H27F2NO6S/c1-18-4-2-5-21(14-18)38(34,35)31-17-20(16-28(27(32)33)10-12-36-13-11-28)37-25-9-8-19(15-24(25)31)22-6-3-7-23(29)26(22)30/h2-9,14-15,20H,10-13,16-17H2,1H3,(H,32,33)/t20-/m0/s1. The van der Waals surface area contributed by atoms with Gasteiger partial charge in [-0.3, -0.25) is 9.10 Å². The molecule has 1 atom stereocenters. The van der Waals surface area contributed by atoms with Crippen molar-refractivity contribution in [3.63, 3.8) is 0 Å². The van der Waals surface area contributed by atoms with Crippen molar-refractivity contribution in [2.45, 2.75) is 37.2 Å². The van der Waals surface area contributed by atoms with Gasteiger partial charge in [0, 0.05) is 25.2 Å². The molecule has 0 unspecified atom stereocenters. The van der Waals surface area contributed by atoms with Crippen molar-refractivity contribution in [3.8, 4) is 16.9 Å². The first-order chi connectivity index (χ1) is 18.1. The molecule has 7 nitrogen and oxygen atoms in total. The second-order valence-electron chi connectivity index (χ2n) is 9.78. The Morgan fingerprint density at radius 3 is 2.53 bits per heavy atom. The fourth-order valence-corrected chi connectivity index (χ4v) is 6.75. The number of aryl methyl sites for hydroxylation is 1. The number of carboxylic acid groups (broad SMARTS) is 1. The summed E-state index contributed by atoms with van der Waals surface area (Å²) in [6, 6.07) is 14.7. The highest BCUT2D eigenvalue weighted by atomic mass is 32.2. The van der Waals surface area contributed by atoms with Crippen molar-refractivity contribution in [3.05, 3.63) is 77.9 Å². The number of carboxylic acids is 1. The van der Waals surface area contributed by atoms with Crippen LogP contribution < -0.4 is 9.04 Å². The van der Waals surface area contributed by atoms with Crippen molar-refractivity contribution in [1.82, 2.24) is 0 Å². The Morgan fingerprint density at radius 2 is 1.82 bits per heavy atom. The number of hydrogen-bond donors (Lipinski definition) is 1. The third kappa shape index (κ3) is 4.74. The average molecular weight is 544 g/mol. The van der Waals surface area contributed by atoms with E-state index in [1.54, 1.807) is 25.1 Å². The second-order valence-corrected chi connectivity index (χ2v) is 11.6. The van der Waals surface area contributed by atoms with Gasteiger partial charge < -0.3 is 14.6 Å². The van der Waals surface area contributed by atoms with E-state index in [1.165, 1.54) is 40.7 Å². The van der Waals surface area contributed by atoms with E-state index in [4.69, 9.17) is 9.47 Å². The quantitative estimate of drug-likeness (QED) is 0.461. The summed E-state index contributed by atoms with van der Waals surface area (Å²) in [4.78, 5) is 12.3. The average Bonchev–Trinajstić information content (AvgIpc) is 2.90. The molecule has 200 valence electrons. The maximum Gasteiger partial charge on any atom is 0.309 e. The van der Waals surface area contributed by atoms with Crippen LogP contribution in [0.5, 0.6) is 5.75 Å². The van der Waals surface area contributed by atoms with Crippen LogP contribution >= 0.6 is 0 Å².